The summed E-state index contributed by atoms with van der Waals surface area (Å²) < 4.78 is 0. The zero-order chi connectivity index (χ0) is 28.8. The second kappa shape index (κ2) is 12.2. The number of hydrogen-bond donors (Lipinski definition) is 5. The summed E-state index contributed by atoms with van der Waals surface area (Å²) in [6, 6.07) is 18.3. The predicted molar refractivity (Wildman–Crippen MR) is 161 cm³/mol. The SMILES string of the molecule is CC(=O)Nc1ccc(NC(=O)C(C)Nc2nc(Nc3ccc(C)cc3C)nc(Nc3ccc(C)cc3C)n2)cc1. The van der Waals surface area contributed by atoms with Crippen molar-refractivity contribution in [3.8, 4) is 0 Å². The fraction of sp³-hybridized carbons (Fsp3) is 0.233. The van der Waals surface area contributed by atoms with Gasteiger partial charge in [-0.3, -0.25) is 9.59 Å². The van der Waals surface area contributed by atoms with E-state index in [0.29, 0.717) is 23.3 Å². The summed E-state index contributed by atoms with van der Waals surface area (Å²) >= 11 is 0. The third-order valence-electron chi connectivity index (χ3n) is 6.10. The molecule has 0 aliphatic carbocycles. The highest BCUT2D eigenvalue weighted by Crippen LogP contribution is 2.24. The van der Waals surface area contributed by atoms with Gasteiger partial charge in [0.15, 0.2) is 0 Å². The Morgan fingerprint density at radius 2 is 1.10 bits per heavy atom. The molecule has 5 N–H and O–H groups in total. The van der Waals surface area contributed by atoms with E-state index in [9.17, 15) is 9.59 Å². The van der Waals surface area contributed by atoms with Crippen LogP contribution in [0.4, 0.5) is 40.6 Å². The summed E-state index contributed by atoms with van der Waals surface area (Å²) in [6.45, 7) is 11.3. The van der Waals surface area contributed by atoms with E-state index in [1.165, 1.54) is 6.92 Å². The van der Waals surface area contributed by atoms with Crippen molar-refractivity contribution < 1.29 is 9.59 Å². The highest BCUT2D eigenvalue weighted by Gasteiger charge is 2.17. The smallest absolute Gasteiger partial charge is 0.246 e. The molecule has 40 heavy (non-hydrogen) atoms. The van der Waals surface area contributed by atoms with Gasteiger partial charge in [-0.15, -0.1) is 0 Å². The van der Waals surface area contributed by atoms with Gasteiger partial charge in [0.25, 0.3) is 0 Å². The standard InChI is InChI=1S/C30H34N8O2/c1-17-7-13-25(19(3)15-17)34-29-36-28(37-30(38-29)35-26-14-8-18(2)16-20(26)4)31-21(5)27(40)33-24-11-9-23(10-12-24)32-22(6)39/h7-16,21H,1-6H3,(H,32,39)(H,33,40)(H3,31,34,35,36,37,38). The molecule has 0 radical (unpaired) electrons. The van der Waals surface area contributed by atoms with Gasteiger partial charge in [0.05, 0.1) is 0 Å². The first kappa shape index (κ1) is 28.0. The zero-order valence-electron chi connectivity index (χ0n) is 23.5. The van der Waals surface area contributed by atoms with Gasteiger partial charge in [-0.05, 0) is 82.1 Å². The number of nitrogens with one attached hydrogen (secondary N) is 5. The van der Waals surface area contributed by atoms with Crippen LogP contribution in [-0.4, -0.2) is 32.8 Å². The monoisotopic (exact) mass is 538 g/mol. The van der Waals surface area contributed by atoms with Crippen molar-refractivity contribution in [1.29, 1.82) is 0 Å². The third kappa shape index (κ3) is 7.53. The van der Waals surface area contributed by atoms with Gasteiger partial charge in [0.2, 0.25) is 29.7 Å². The average Bonchev–Trinajstić information content (AvgIpc) is 2.88. The highest BCUT2D eigenvalue weighted by molar-refractivity contribution is 5.96. The summed E-state index contributed by atoms with van der Waals surface area (Å²) in [7, 11) is 0. The number of amides is 2. The van der Waals surface area contributed by atoms with Gasteiger partial charge < -0.3 is 26.6 Å². The van der Waals surface area contributed by atoms with Crippen molar-refractivity contribution in [1.82, 2.24) is 15.0 Å². The van der Waals surface area contributed by atoms with Crippen LogP contribution in [0.25, 0.3) is 0 Å². The first-order chi connectivity index (χ1) is 19.0. The topological polar surface area (TPSA) is 133 Å². The van der Waals surface area contributed by atoms with Crippen molar-refractivity contribution in [3.05, 3.63) is 82.9 Å². The van der Waals surface area contributed by atoms with Crippen LogP contribution >= 0.6 is 0 Å². The Morgan fingerprint density at radius 1 is 0.650 bits per heavy atom. The lowest BCUT2D eigenvalue weighted by molar-refractivity contribution is -0.116. The summed E-state index contributed by atoms with van der Waals surface area (Å²) in [4.78, 5) is 37.8. The quantitative estimate of drug-likeness (QED) is 0.176. The average molecular weight is 539 g/mol. The minimum absolute atomic E-state index is 0.162. The lowest BCUT2D eigenvalue weighted by atomic mass is 10.1. The number of hydrogen-bond acceptors (Lipinski definition) is 8. The number of carbonyl (C=O) groups excluding carboxylic acids is 2. The van der Waals surface area contributed by atoms with Crippen LogP contribution in [0.1, 0.15) is 36.1 Å². The van der Waals surface area contributed by atoms with Gasteiger partial charge >= 0.3 is 0 Å². The molecule has 0 spiro atoms. The van der Waals surface area contributed by atoms with Crippen molar-refractivity contribution in [2.24, 2.45) is 0 Å². The van der Waals surface area contributed by atoms with Gasteiger partial charge in [-0.1, -0.05) is 35.4 Å². The first-order valence-electron chi connectivity index (χ1n) is 13.0. The van der Waals surface area contributed by atoms with Crippen molar-refractivity contribution >= 4 is 52.4 Å². The van der Waals surface area contributed by atoms with Crippen LogP contribution < -0.4 is 26.6 Å². The third-order valence-corrected chi connectivity index (χ3v) is 6.10. The highest BCUT2D eigenvalue weighted by atomic mass is 16.2. The van der Waals surface area contributed by atoms with Gasteiger partial charge in [0, 0.05) is 29.7 Å². The van der Waals surface area contributed by atoms with E-state index in [1.807, 2.05) is 52.0 Å². The molecule has 1 atom stereocenters. The molecule has 10 nitrogen and oxygen atoms in total. The Hall–Kier alpha value is -4.99. The van der Waals surface area contributed by atoms with Gasteiger partial charge in [-0.2, -0.15) is 15.0 Å². The lowest BCUT2D eigenvalue weighted by Crippen LogP contribution is -2.32. The second-order valence-corrected chi connectivity index (χ2v) is 9.81. The van der Waals surface area contributed by atoms with Crippen molar-refractivity contribution in [2.75, 3.05) is 26.6 Å². The van der Waals surface area contributed by atoms with Crippen molar-refractivity contribution in [2.45, 2.75) is 47.6 Å². The Balaban J connectivity index is 1.55. The number of aryl methyl sites for hydroxylation is 4. The molecule has 3 aromatic carbocycles. The largest absolute Gasteiger partial charge is 0.342 e. The number of benzene rings is 3. The minimum atomic E-state index is -0.666. The molecule has 4 aromatic rings. The molecule has 0 aliphatic heterocycles. The number of nitrogens with zero attached hydrogens (tertiary/aromatic N) is 3. The van der Waals surface area contributed by atoms with E-state index in [2.05, 4.69) is 53.7 Å². The van der Waals surface area contributed by atoms with E-state index >= 15 is 0 Å². The van der Waals surface area contributed by atoms with E-state index in [4.69, 9.17) is 0 Å². The van der Waals surface area contributed by atoms with Gasteiger partial charge in [0.1, 0.15) is 6.04 Å². The van der Waals surface area contributed by atoms with Crippen LogP contribution in [0.3, 0.4) is 0 Å². The lowest BCUT2D eigenvalue weighted by Gasteiger charge is -2.17. The van der Waals surface area contributed by atoms with Crippen LogP contribution in [0.2, 0.25) is 0 Å². The molecule has 0 bridgehead atoms. The first-order valence-corrected chi connectivity index (χ1v) is 13.0. The molecule has 0 saturated carbocycles. The Kier molecular flexibility index (Phi) is 8.58. The fourth-order valence-electron chi connectivity index (χ4n) is 4.05. The predicted octanol–water partition coefficient (Wildman–Crippen LogP) is 5.99. The maximum Gasteiger partial charge on any atom is 0.246 e. The van der Waals surface area contributed by atoms with E-state index < -0.39 is 6.04 Å². The summed E-state index contributed by atoms with van der Waals surface area (Å²) in [5.41, 5.74) is 7.40. The van der Waals surface area contributed by atoms with Crippen LogP contribution in [-0.2, 0) is 9.59 Å². The van der Waals surface area contributed by atoms with Crippen LogP contribution in [0.5, 0.6) is 0 Å². The second-order valence-electron chi connectivity index (χ2n) is 9.81. The molecule has 0 saturated heterocycles. The molecule has 1 heterocycles. The number of rotatable bonds is 9. The van der Waals surface area contributed by atoms with Crippen LogP contribution in [0, 0.1) is 27.7 Å². The molecule has 206 valence electrons. The number of carbonyl (C=O) groups is 2. The Bertz CT molecular complexity index is 1460. The molecule has 2 amide bonds. The summed E-state index contributed by atoms with van der Waals surface area (Å²) in [6.07, 6.45) is 0. The van der Waals surface area contributed by atoms with Gasteiger partial charge in [-0.25, -0.2) is 0 Å². The fourth-order valence-corrected chi connectivity index (χ4v) is 4.05. The molecule has 10 heteroatoms. The number of anilines is 7. The van der Waals surface area contributed by atoms with E-state index in [-0.39, 0.29) is 17.8 Å². The zero-order valence-corrected chi connectivity index (χ0v) is 23.5. The van der Waals surface area contributed by atoms with Crippen LogP contribution in [0.15, 0.2) is 60.7 Å². The Labute approximate surface area is 234 Å². The maximum absolute atomic E-state index is 12.9. The van der Waals surface area contributed by atoms with E-state index in [0.717, 1.165) is 33.6 Å². The maximum atomic E-state index is 12.9. The van der Waals surface area contributed by atoms with Crippen molar-refractivity contribution in [3.63, 3.8) is 0 Å². The molecular formula is C30H34N8O2. The molecule has 0 aliphatic rings. The molecule has 0 fully saturated rings. The minimum Gasteiger partial charge on any atom is -0.342 e. The van der Waals surface area contributed by atoms with E-state index in [1.54, 1.807) is 31.2 Å². The summed E-state index contributed by atoms with van der Waals surface area (Å²) in [5, 5.41) is 15.2. The molecule has 1 unspecified atom stereocenters. The number of aromatic nitrogens is 3. The normalized spacial score (nSPS) is 11.3. The Morgan fingerprint density at radius 3 is 1.55 bits per heavy atom. The molecule has 4 rings (SSSR count). The summed E-state index contributed by atoms with van der Waals surface area (Å²) in [5.74, 6) is 0.458. The molecule has 1 aromatic heterocycles. The molecular weight excluding hydrogens is 504 g/mol.